The average Bonchev–Trinajstić information content (AvgIpc) is 3.21. The van der Waals surface area contributed by atoms with Gasteiger partial charge < -0.3 is 5.32 Å². The number of rotatable bonds is 4. The molecule has 2 aromatic carbocycles. The van der Waals surface area contributed by atoms with Crippen molar-refractivity contribution in [3.05, 3.63) is 58.6 Å². The van der Waals surface area contributed by atoms with Crippen molar-refractivity contribution in [1.29, 1.82) is 0 Å². The first-order valence-electron chi connectivity index (χ1n) is 6.39. The zero-order valence-electron chi connectivity index (χ0n) is 10.2. The molecular formula is C16H16BrN. The van der Waals surface area contributed by atoms with Crippen molar-refractivity contribution in [2.75, 3.05) is 0 Å². The van der Waals surface area contributed by atoms with E-state index < -0.39 is 0 Å². The number of hydrogen-bond acceptors (Lipinski definition) is 1. The summed E-state index contributed by atoms with van der Waals surface area (Å²) in [7, 11) is 0. The van der Waals surface area contributed by atoms with Crippen LogP contribution in [-0.4, -0.2) is 6.04 Å². The van der Waals surface area contributed by atoms with E-state index in [9.17, 15) is 0 Å². The molecule has 1 aliphatic rings. The van der Waals surface area contributed by atoms with E-state index in [1.54, 1.807) is 0 Å². The van der Waals surface area contributed by atoms with Crippen LogP contribution in [0.3, 0.4) is 0 Å². The molecule has 0 aliphatic heterocycles. The fourth-order valence-corrected chi connectivity index (χ4v) is 2.48. The number of hydrogen-bond donors (Lipinski definition) is 1. The molecule has 1 N–H and O–H groups in total. The number of benzene rings is 2. The minimum Gasteiger partial charge on any atom is -0.310 e. The molecule has 0 heterocycles. The van der Waals surface area contributed by atoms with E-state index >= 15 is 0 Å². The standard InChI is InChI=1S/C16H16BrN/c17-15-6-2-5-14(10-15)13-4-1-3-12(9-13)11-18-16-7-8-16/h1-6,9-10,16,18H,7-8,11H2. The lowest BCUT2D eigenvalue weighted by molar-refractivity contribution is 0.688. The lowest BCUT2D eigenvalue weighted by atomic mass is 10.0. The van der Waals surface area contributed by atoms with Crippen molar-refractivity contribution >= 4 is 15.9 Å². The highest BCUT2D eigenvalue weighted by Crippen LogP contribution is 2.24. The van der Waals surface area contributed by atoms with Crippen molar-refractivity contribution < 1.29 is 0 Å². The summed E-state index contributed by atoms with van der Waals surface area (Å²) in [5.41, 5.74) is 3.91. The molecule has 0 spiro atoms. The van der Waals surface area contributed by atoms with Gasteiger partial charge in [-0.2, -0.15) is 0 Å². The van der Waals surface area contributed by atoms with Gasteiger partial charge in [-0.15, -0.1) is 0 Å². The van der Waals surface area contributed by atoms with Gasteiger partial charge in [0.15, 0.2) is 0 Å². The molecule has 1 aliphatic carbocycles. The smallest absolute Gasteiger partial charge is 0.0208 e. The molecular weight excluding hydrogens is 286 g/mol. The van der Waals surface area contributed by atoms with Gasteiger partial charge in [-0.05, 0) is 47.7 Å². The first-order valence-corrected chi connectivity index (χ1v) is 7.19. The number of halogens is 1. The summed E-state index contributed by atoms with van der Waals surface area (Å²) in [6, 6.07) is 18.0. The molecule has 0 aromatic heterocycles. The normalized spacial score (nSPS) is 14.7. The lowest BCUT2D eigenvalue weighted by Crippen LogP contribution is -2.15. The Kier molecular flexibility index (Phi) is 3.48. The van der Waals surface area contributed by atoms with Crippen LogP contribution in [-0.2, 0) is 6.54 Å². The maximum absolute atomic E-state index is 3.55. The first kappa shape index (κ1) is 11.9. The molecule has 0 radical (unpaired) electrons. The third-order valence-electron chi connectivity index (χ3n) is 3.26. The van der Waals surface area contributed by atoms with Crippen LogP contribution in [0, 0.1) is 0 Å². The van der Waals surface area contributed by atoms with Gasteiger partial charge in [0, 0.05) is 17.1 Å². The van der Waals surface area contributed by atoms with Gasteiger partial charge in [-0.1, -0.05) is 46.3 Å². The summed E-state index contributed by atoms with van der Waals surface area (Å²) in [5.74, 6) is 0. The largest absolute Gasteiger partial charge is 0.310 e. The Hall–Kier alpha value is -1.12. The minimum absolute atomic E-state index is 0.763. The molecule has 2 heteroatoms. The van der Waals surface area contributed by atoms with Gasteiger partial charge in [-0.25, -0.2) is 0 Å². The molecule has 92 valence electrons. The van der Waals surface area contributed by atoms with Crippen LogP contribution in [0.25, 0.3) is 11.1 Å². The molecule has 0 amide bonds. The molecule has 0 saturated heterocycles. The minimum atomic E-state index is 0.763. The van der Waals surface area contributed by atoms with Gasteiger partial charge in [0.05, 0.1) is 0 Å². The van der Waals surface area contributed by atoms with E-state index in [0.29, 0.717) is 0 Å². The van der Waals surface area contributed by atoms with Gasteiger partial charge in [-0.3, -0.25) is 0 Å². The highest BCUT2D eigenvalue weighted by atomic mass is 79.9. The van der Waals surface area contributed by atoms with Crippen LogP contribution in [0.2, 0.25) is 0 Å². The highest BCUT2D eigenvalue weighted by Gasteiger charge is 2.19. The van der Waals surface area contributed by atoms with Crippen LogP contribution >= 0.6 is 15.9 Å². The van der Waals surface area contributed by atoms with E-state index in [1.807, 2.05) is 0 Å². The molecule has 3 rings (SSSR count). The van der Waals surface area contributed by atoms with Crippen molar-refractivity contribution in [2.24, 2.45) is 0 Å². The van der Waals surface area contributed by atoms with Crippen molar-refractivity contribution in [3.63, 3.8) is 0 Å². The highest BCUT2D eigenvalue weighted by molar-refractivity contribution is 9.10. The Morgan fingerprint density at radius 3 is 2.44 bits per heavy atom. The molecule has 18 heavy (non-hydrogen) atoms. The molecule has 0 atom stereocenters. The molecule has 0 bridgehead atoms. The van der Waals surface area contributed by atoms with Crippen molar-refractivity contribution in [1.82, 2.24) is 5.32 Å². The fourth-order valence-electron chi connectivity index (χ4n) is 2.08. The Morgan fingerprint density at radius 1 is 1.00 bits per heavy atom. The summed E-state index contributed by atoms with van der Waals surface area (Å²) in [5, 5.41) is 3.55. The topological polar surface area (TPSA) is 12.0 Å². The summed E-state index contributed by atoms with van der Waals surface area (Å²) < 4.78 is 1.13. The summed E-state index contributed by atoms with van der Waals surface area (Å²) >= 11 is 3.52. The molecule has 1 fully saturated rings. The van der Waals surface area contributed by atoms with Gasteiger partial charge >= 0.3 is 0 Å². The van der Waals surface area contributed by atoms with E-state index in [2.05, 4.69) is 69.8 Å². The molecule has 0 unspecified atom stereocenters. The third kappa shape index (κ3) is 3.01. The Balaban J connectivity index is 1.80. The van der Waals surface area contributed by atoms with E-state index in [-0.39, 0.29) is 0 Å². The lowest BCUT2D eigenvalue weighted by Gasteiger charge is -2.07. The average molecular weight is 302 g/mol. The number of nitrogens with one attached hydrogen (secondary N) is 1. The molecule has 1 saturated carbocycles. The Labute approximate surface area is 116 Å². The van der Waals surface area contributed by atoms with Gasteiger partial charge in [0.2, 0.25) is 0 Å². The van der Waals surface area contributed by atoms with Crippen LogP contribution in [0.4, 0.5) is 0 Å². The predicted octanol–water partition coefficient (Wildman–Crippen LogP) is 4.37. The van der Waals surface area contributed by atoms with Gasteiger partial charge in [0.25, 0.3) is 0 Å². The van der Waals surface area contributed by atoms with Crippen molar-refractivity contribution in [2.45, 2.75) is 25.4 Å². The second kappa shape index (κ2) is 5.25. The first-order chi connectivity index (χ1) is 8.81. The zero-order valence-corrected chi connectivity index (χ0v) is 11.8. The second-order valence-electron chi connectivity index (χ2n) is 4.87. The SMILES string of the molecule is Brc1cccc(-c2cccc(CNC3CC3)c2)c1. The molecule has 1 nitrogen and oxygen atoms in total. The summed E-state index contributed by atoms with van der Waals surface area (Å²) in [6.07, 6.45) is 2.68. The van der Waals surface area contributed by atoms with Crippen LogP contribution < -0.4 is 5.32 Å². The summed E-state index contributed by atoms with van der Waals surface area (Å²) in [6.45, 7) is 0.979. The second-order valence-corrected chi connectivity index (χ2v) is 5.78. The Morgan fingerprint density at radius 2 is 1.72 bits per heavy atom. The molecule has 2 aromatic rings. The van der Waals surface area contributed by atoms with E-state index in [1.165, 1.54) is 29.5 Å². The van der Waals surface area contributed by atoms with Crippen LogP contribution in [0.5, 0.6) is 0 Å². The fraction of sp³-hybridized carbons (Fsp3) is 0.250. The maximum atomic E-state index is 3.55. The van der Waals surface area contributed by atoms with Crippen LogP contribution in [0.15, 0.2) is 53.0 Å². The third-order valence-corrected chi connectivity index (χ3v) is 3.75. The quantitative estimate of drug-likeness (QED) is 0.884. The van der Waals surface area contributed by atoms with Crippen LogP contribution in [0.1, 0.15) is 18.4 Å². The maximum Gasteiger partial charge on any atom is 0.0208 e. The predicted molar refractivity (Wildman–Crippen MR) is 79.4 cm³/mol. The van der Waals surface area contributed by atoms with E-state index in [4.69, 9.17) is 0 Å². The summed E-state index contributed by atoms with van der Waals surface area (Å²) in [4.78, 5) is 0. The van der Waals surface area contributed by atoms with E-state index in [0.717, 1.165) is 17.1 Å². The zero-order chi connectivity index (χ0) is 12.4. The monoisotopic (exact) mass is 301 g/mol. The van der Waals surface area contributed by atoms with Gasteiger partial charge in [0.1, 0.15) is 0 Å². The van der Waals surface area contributed by atoms with Crippen molar-refractivity contribution in [3.8, 4) is 11.1 Å². The Bertz CT molecular complexity index is 546.